The molecule has 1 aromatic rings. The van der Waals surface area contributed by atoms with Crippen molar-refractivity contribution in [3.63, 3.8) is 0 Å². The molecule has 0 amide bonds. The highest BCUT2D eigenvalue weighted by Crippen LogP contribution is 2.26. The van der Waals surface area contributed by atoms with Gasteiger partial charge in [0.15, 0.2) is 0 Å². The summed E-state index contributed by atoms with van der Waals surface area (Å²) >= 11 is 2.07. The molecule has 0 spiro atoms. The standard InChI is InChI=1S/C15H26N4S/c1-4-7-16-13-9-14(19-15(18-13)11(2)3)17-10-12-6-5-8-20-12/h9,11-12H,4-8,10H2,1-3H3,(H2,16,17,18,19). The van der Waals surface area contributed by atoms with Crippen molar-refractivity contribution in [3.05, 3.63) is 11.9 Å². The molecular weight excluding hydrogens is 268 g/mol. The summed E-state index contributed by atoms with van der Waals surface area (Å²) in [5.74, 6) is 4.45. The van der Waals surface area contributed by atoms with Crippen LogP contribution in [0.4, 0.5) is 11.6 Å². The van der Waals surface area contributed by atoms with E-state index >= 15 is 0 Å². The third kappa shape index (κ3) is 4.54. The summed E-state index contributed by atoms with van der Waals surface area (Å²) in [7, 11) is 0. The van der Waals surface area contributed by atoms with E-state index in [2.05, 4.69) is 53.1 Å². The summed E-state index contributed by atoms with van der Waals surface area (Å²) in [5.41, 5.74) is 0. The van der Waals surface area contributed by atoms with Crippen LogP contribution in [0.5, 0.6) is 0 Å². The van der Waals surface area contributed by atoms with Crippen LogP contribution in [-0.4, -0.2) is 34.1 Å². The van der Waals surface area contributed by atoms with Crippen LogP contribution in [0.1, 0.15) is 51.8 Å². The highest BCUT2D eigenvalue weighted by molar-refractivity contribution is 8.00. The molecule has 112 valence electrons. The Labute approximate surface area is 126 Å². The highest BCUT2D eigenvalue weighted by atomic mass is 32.2. The number of nitrogens with zero attached hydrogens (tertiary/aromatic N) is 2. The number of anilines is 2. The quantitative estimate of drug-likeness (QED) is 0.802. The Kier molecular flexibility index (Phi) is 5.95. The topological polar surface area (TPSA) is 49.8 Å². The number of aromatic nitrogens is 2. The first-order valence-electron chi connectivity index (χ1n) is 7.67. The maximum Gasteiger partial charge on any atom is 0.135 e. The Morgan fingerprint density at radius 2 is 2.05 bits per heavy atom. The van der Waals surface area contributed by atoms with Crippen LogP contribution < -0.4 is 10.6 Å². The minimum absolute atomic E-state index is 0.347. The third-order valence-corrected chi connectivity index (χ3v) is 4.75. The Hall–Kier alpha value is -0.970. The molecule has 5 heteroatoms. The average molecular weight is 294 g/mol. The van der Waals surface area contributed by atoms with Gasteiger partial charge in [-0.25, -0.2) is 9.97 Å². The van der Waals surface area contributed by atoms with Gasteiger partial charge < -0.3 is 10.6 Å². The first-order chi connectivity index (χ1) is 9.69. The fourth-order valence-corrected chi connectivity index (χ4v) is 3.38. The van der Waals surface area contributed by atoms with Crippen molar-refractivity contribution in [1.29, 1.82) is 0 Å². The van der Waals surface area contributed by atoms with Crippen molar-refractivity contribution in [3.8, 4) is 0 Å². The summed E-state index contributed by atoms with van der Waals surface area (Å²) in [5, 5.41) is 7.58. The van der Waals surface area contributed by atoms with E-state index in [0.717, 1.165) is 42.2 Å². The van der Waals surface area contributed by atoms with Gasteiger partial charge in [0.05, 0.1) is 0 Å². The van der Waals surface area contributed by atoms with Crippen molar-refractivity contribution in [2.24, 2.45) is 0 Å². The Morgan fingerprint density at radius 3 is 2.65 bits per heavy atom. The van der Waals surface area contributed by atoms with E-state index in [1.807, 2.05) is 6.07 Å². The predicted molar refractivity (Wildman–Crippen MR) is 88.9 cm³/mol. The SMILES string of the molecule is CCCNc1cc(NCC2CCCS2)nc(C(C)C)n1. The van der Waals surface area contributed by atoms with Gasteiger partial charge in [-0.2, -0.15) is 11.8 Å². The number of rotatable bonds is 7. The average Bonchev–Trinajstić information content (AvgIpc) is 2.96. The molecule has 1 aromatic heterocycles. The fourth-order valence-electron chi connectivity index (χ4n) is 2.18. The lowest BCUT2D eigenvalue weighted by atomic mass is 10.2. The van der Waals surface area contributed by atoms with Crippen LogP contribution in [0.15, 0.2) is 6.07 Å². The van der Waals surface area contributed by atoms with Gasteiger partial charge in [-0.1, -0.05) is 20.8 Å². The first-order valence-corrected chi connectivity index (χ1v) is 8.72. The highest BCUT2D eigenvalue weighted by Gasteiger charge is 2.16. The lowest BCUT2D eigenvalue weighted by molar-refractivity contribution is 0.768. The van der Waals surface area contributed by atoms with E-state index in [1.165, 1.54) is 18.6 Å². The summed E-state index contributed by atoms with van der Waals surface area (Å²) in [6.45, 7) is 8.39. The molecule has 1 fully saturated rings. The lowest BCUT2D eigenvalue weighted by Crippen LogP contribution is -2.16. The van der Waals surface area contributed by atoms with Crippen LogP contribution in [0, 0.1) is 0 Å². The molecule has 0 bridgehead atoms. The van der Waals surface area contributed by atoms with E-state index < -0.39 is 0 Å². The van der Waals surface area contributed by atoms with Gasteiger partial charge in [0, 0.05) is 30.3 Å². The van der Waals surface area contributed by atoms with E-state index in [9.17, 15) is 0 Å². The minimum atomic E-state index is 0.347. The predicted octanol–water partition coefficient (Wildman–Crippen LogP) is 3.73. The molecule has 1 aliphatic rings. The molecule has 0 aliphatic carbocycles. The smallest absolute Gasteiger partial charge is 0.135 e. The third-order valence-electron chi connectivity index (χ3n) is 3.35. The maximum absolute atomic E-state index is 4.63. The van der Waals surface area contributed by atoms with Crippen molar-refractivity contribution in [2.75, 3.05) is 29.5 Å². The van der Waals surface area contributed by atoms with Gasteiger partial charge in [0.25, 0.3) is 0 Å². The van der Waals surface area contributed by atoms with Gasteiger partial charge >= 0.3 is 0 Å². The number of hydrogen-bond acceptors (Lipinski definition) is 5. The van der Waals surface area contributed by atoms with Crippen molar-refractivity contribution in [2.45, 2.75) is 51.2 Å². The van der Waals surface area contributed by atoms with E-state index in [1.54, 1.807) is 0 Å². The van der Waals surface area contributed by atoms with Gasteiger partial charge in [-0.05, 0) is 25.0 Å². The molecule has 0 saturated carbocycles. The van der Waals surface area contributed by atoms with Gasteiger partial charge in [-0.3, -0.25) is 0 Å². The number of hydrogen-bond donors (Lipinski definition) is 2. The first kappa shape index (κ1) is 15.4. The lowest BCUT2D eigenvalue weighted by Gasteiger charge is -2.14. The normalized spacial score (nSPS) is 18.5. The molecule has 4 nitrogen and oxygen atoms in total. The molecule has 1 atom stereocenters. The van der Waals surface area contributed by atoms with Crippen LogP contribution >= 0.6 is 11.8 Å². The molecule has 1 aliphatic heterocycles. The van der Waals surface area contributed by atoms with Crippen LogP contribution in [0.3, 0.4) is 0 Å². The summed E-state index contributed by atoms with van der Waals surface area (Å²) in [6.07, 6.45) is 3.77. The van der Waals surface area contributed by atoms with Crippen LogP contribution in [-0.2, 0) is 0 Å². The van der Waals surface area contributed by atoms with E-state index in [-0.39, 0.29) is 0 Å². The van der Waals surface area contributed by atoms with Crippen LogP contribution in [0.2, 0.25) is 0 Å². The number of nitrogens with one attached hydrogen (secondary N) is 2. The molecule has 0 aromatic carbocycles. The zero-order valence-electron chi connectivity index (χ0n) is 12.8. The molecular formula is C15H26N4S. The van der Waals surface area contributed by atoms with Crippen molar-refractivity contribution in [1.82, 2.24) is 9.97 Å². The molecule has 2 N–H and O–H groups in total. The Morgan fingerprint density at radius 1 is 1.30 bits per heavy atom. The van der Waals surface area contributed by atoms with Gasteiger partial charge in [0.2, 0.25) is 0 Å². The Bertz CT molecular complexity index is 416. The van der Waals surface area contributed by atoms with Gasteiger partial charge in [-0.15, -0.1) is 0 Å². The van der Waals surface area contributed by atoms with Crippen molar-refractivity contribution >= 4 is 23.4 Å². The molecule has 1 unspecified atom stereocenters. The molecule has 0 radical (unpaired) electrons. The Balaban J connectivity index is 2.02. The van der Waals surface area contributed by atoms with E-state index in [0.29, 0.717) is 5.92 Å². The molecule has 2 rings (SSSR count). The molecule has 1 saturated heterocycles. The maximum atomic E-state index is 4.63. The van der Waals surface area contributed by atoms with Gasteiger partial charge in [0.1, 0.15) is 17.5 Å². The monoisotopic (exact) mass is 294 g/mol. The molecule has 2 heterocycles. The fraction of sp³-hybridized carbons (Fsp3) is 0.733. The minimum Gasteiger partial charge on any atom is -0.370 e. The second-order valence-electron chi connectivity index (χ2n) is 5.59. The zero-order valence-corrected chi connectivity index (χ0v) is 13.6. The van der Waals surface area contributed by atoms with Crippen LogP contribution in [0.25, 0.3) is 0 Å². The largest absolute Gasteiger partial charge is 0.370 e. The number of thioether (sulfide) groups is 1. The zero-order chi connectivity index (χ0) is 14.4. The van der Waals surface area contributed by atoms with Crippen molar-refractivity contribution < 1.29 is 0 Å². The molecule has 20 heavy (non-hydrogen) atoms. The summed E-state index contributed by atoms with van der Waals surface area (Å²) in [4.78, 5) is 9.21. The second kappa shape index (κ2) is 7.72. The summed E-state index contributed by atoms with van der Waals surface area (Å²) in [6, 6.07) is 2.03. The second-order valence-corrected chi connectivity index (χ2v) is 7.00. The van der Waals surface area contributed by atoms with E-state index in [4.69, 9.17) is 0 Å². The summed E-state index contributed by atoms with van der Waals surface area (Å²) < 4.78 is 0.